The Bertz CT molecular complexity index is 1250. The Morgan fingerprint density at radius 3 is 2.44 bits per heavy atom. The molecule has 0 saturated carbocycles. The summed E-state index contributed by atoms with van der Waals surface area (Å²) in [5.41, 5.74) is 2.78. The third-order valence-corrected chi connectivity index (χ3v) is 6.27. The van der Waals surface area contributed by atoms with Gasteiger partial charge in [-0.2, -0.15) is 0 Å². The molecule has 2 saturated heterocycles. The number of Topliss-reactive ketones (excluding diaryl/α,β-unsaturated/α-hetero) is 1. The highest BCUT2D eigenvalue weighted by Gasteiger charge is 2.48. The standard InChI is InChI=1S/C26H27N5O5/c1-15(32)16-7-9-17(10-8-16)28-26(33)31-21-14-36-23-20(13-35-24(21)23)30-25-27-12-11-19(29-25)18-5-3-4-6-22(18)34-2/h3-12,20-21,23-24H,13-14H2,1-2H3,(H,27,29,30)(H2,28,31,33)/t20-,21-,23+,24+/m0/s1. The highest BCUT2D eigenvalue weighted by atomic mass is 16.6. The molecule has 4 atom stereocenters. The smallest absolute Gasteiger partial charge is 0.319 e. The van der Waals surface area contributed by atoms with Gasteiger partial charge in [-0.1, -0.05) is 12.1 Å². The first-order valence-corrected chi connectivity index (χ1v) is 11.7. The summed E-state index contributed by atoms with van der Waals surface area (Å²) in [4.78, 5) is 32.9. The number of carbonyl (C=O) groups excluding carboxylic acids is 2. The summed E-state index contributed by atoms with van der Waals surface area (Å²) in [6.07, 6.45) is 1.13. The summed E-state index contributed by atoms with van der Waals surface area (Å²) in [7, 11) is 1.63. The minimum atomic E-state index is -0.368. The van der Waals surface area contributed by atoms with Crippen LogP contribution < -0.4 is 20.7 Å². The molecule has 2 amide bonds. The number of ketones is 1. The van der Waals surface area contributed by atoms with E-state index in [0.717, 1.165) is 17.0 Å². The maximum atomic E-state index is 12.5. The number of fused-ring (bicyclic) bond motifs is 1. The van der Waals surface area contributed by atoms with Gasteiger partial charge in [-0.15, -0.1) is 0 Å². The van der Waals surface area contributed by atoms with Crippen molar-refractivity contribution in [2.75, 3.05) is 31.0 Å². The maximum absolute atomic E-state index is 12.5. The molecule has 0 radical (unpaired) electrons. The number of carbonyl (C=O) groups is 2. The van der Waals surface area contributed by atoms with Gasteiger partial charge in [-0.05, 0) is 49.4 Å². The van der Waals surface area contributed by atoms with Crippen molar-refractivity contribution in [3.05, 3.63) is 66.4 Å². The lowest BCUT2D eigenvalue weighted by molar-refractivity contribution is 0.0683. The second kappa shape index (κ2) is 10.3. The quantitative estimate of drug-likeness (QED) is 0.433. The van der Waals surface area contributed by atoms with Gasteiger partial charge < -0.3 is 30.2 Å². The molecule has 2 aliphatic rings. The number of methoxy groups -OCH3 is 1. The van der Waals surface area contributed by atoms with E-state index in [4.69, 9.17) is 14.2 Å². The van der Waals surface area contributed by atoms with Crippen molar-refractivity contribution in [1.29, 1.82) is 0 Å². The number of rotatable bonds is 7. The summed E-state index contributed by atoms with van der Waals surface area (Å²) in [6.45, 7) is 2.22. The molecule has 10 nitrogen and oxygen atoms in total. The molecule has 0 unspecified atom stereocenters. The van der Waals surface area contributed by atoms with Crippen LogP contribution in [-0.4, -0.2) is 66.4 Å². The number of hydrogen-bond acceptors (Lipinski definition) is 8. The average Bonchev–Trinajstić information content (AvgIpc) is 3.47. The first kappa shape index (κ1) is 23.7. The number of ether oxygens (including phenoxy) is 3. The molecule has 3 heterocycles. The summed E-state index contributed by atoms with van der Waals surface area (Å²) in [5.74, 6) is 1.16. The fourth-order valence-corrected chi connectivity index (χ4v) is 4.47. The largest absolute Gasteiger partial charge is 0.496 e. The van der Waals surface area contributed by atoms with E-state index in [1.165, 1.54) is 6.92 Å². The van der Waals surface area contributed by atoms with E-state index < -0.39 is 0 Å². The zero-order valence-electron chi connectivity index (χ0n) is 19.9. The number of hydrogen-bond donors (Lipinski definition) is 3. The number of urea groups is 1. The van der Waals surface area contributed by atoms with Crippen LogP contribution in [-0.2, 0) is 9.47 Å². The second-order valence-electron chi connectivity index (χ2n) is 8.65. The Hall–Kier alpha value is -4.02. The van der Waals surface area contributed by atoms with E-state index in [9.17, 15) is 9.59 Å². The van der Waals surface area contributed by atoms with E-state index in [1.807, 2.05) is 30.3 Å². The number of nitrogens with zero attached hydrogens (tertiary/aromatic N) is 2. The molecule has 3 N–H and O–H groups in total. The van der Waals surface area contributed by atoms with Gasteiger partial charge in [0.05, 0.1) is 38.1 Å². The first-order valence-electron chi connectivity index (χ1n) is 11.7. The third kappa shape index (κ3) is 5.00. The van der Waals surface area contributed by atoms with Crippen LogP contribution in [0.2, 0.25) is 0 Å². The van der Waals surface area contributed by atoms with E-state index >= 15 is 0 Å². The van der Waals surface area contributed by atoms with Gasteiger partial charge in [0.25, 0.3) is 0 Å². The van der Waals surface area contributed by atoms with Crippen molar-refractivity contribution in [2.45, 2.75) is 31.2 Å². The summed E-state index contributed by atoms with van der Waals surface area (Å²) in [5, 5.41) is 9.02. The number of aromatic nitrogens is 2. The summed E-state index contributed by atoms with van der Waals surface area (Å²) < 4.78 is 17.4. The molecular formula is C26H27N5O5. The molecule has 0 aliphatic carbocycles. The van der Waals surface area contributed by atoms with Crippen LogP contribution in [0.25, 0.3) is 11.3 Å². The molecule has 3 aromatic rings. The first-order chi connectivity index (χ1) is 17.5. The molecule has 1 aromatic heterocycles. The number of anilines is 2. The molecular weight excluding hydrogens is 462 g/mol. The van der Waals surface area contributed by atoms with Crippen LogP contribution in [0.15, 0.2) is 60.8 Å². The number of nitrogens with one attached hydrogen (secondary N) is 3. The molecule has 5 rings (SSSR count). The highest BCUT2D eigenvalue weighted by Crippen LogP contribution is 2.31. The van der Waals surface area contributed by atoms with Gasteiger partial charge in [0.2, 0.25) is 5.95 Å². The minimum absolute atomic E-state index is 0.0291. The minimum Gasteiger partial charge on any atom is -0.496 e. The van der Waals surface area contributed by atoms with Gasteiger partial charge in [-0.3, -0.25) is 4.79 Å². The number of benzene rings is 2. The summed E-state index contributed by atoms with van der Waals surface area (Å²) >= 11 is 0. The normalized spacial score (nSPS) is 22.5. The molecule has 2 aromatic carbocycles. The van der Waals surface area contributed by atoms with E-state index in [0.29, 0.717) is 30.4 Å². The Morgan fingerprint density at radius 1 is 0.972 bits per heavy atom. The van der Waals surface area contributed by atoms with Gasteiger partial charge in [0, 0.05) is 23.0 Å². The number of para-hydroxylation sites is 1. The predicted octanol–water partition coefficient (Wildman–Crippen LogP) is 3.12. The maximum Gasteiger partial charge on any atom is 0.319 e. The molecule has 186 valence electrons. The van der Waals surface area contributed by atoms with Gasteiger partial charge >= 0.3 is 6.03 Å². The van der Waals surface area contributed by atoms with Crippen LogP contribution in [0.5, 0.6) is 5.75 Å². The van der Waals surface area contributed by atoms with Crippen LogP contribution in [0.4, 0.5) is 16.4 Å². The molecule has 0 spiro atoms. The SMILES string of the molecule is COc1ccccc1-c1ccnc(N[C@H]2CO[C@H]3[C@@H]2OC[C@@H]3NC(=O)Nc2ccc(C(C)=O)cc2)n1. The highest BCUT2D eigenvalue weighted by molar-refractivity contribution is 5.95. The Balaban J connectivity index is 1.19. The van der Waals surface area contributed by atoms with Crippen LogP contribution >= 0.6 is 0 Å². The topological polar surface area (TPSA) is 124 Å². The van der Waals surface area contributed by atoms with Crippen LogP contribution in [0, 0.1) is 0 Å². The van der Waals surface area contributed by atoms with Gasteiger partial charge in [0.15, 0.2) is 5.78 Å². The Labute approximate surface area is 208 Å². The zero-order valence-corrected chi connectivity index (χ0v) is 19.9. The van der Waals surface area contributed by atoms with Crippen molar-refractivity contribution in [3.63, 3.8) is 0 Å². The molecule has 36 heavy (non-hydrogen) atoms. The van der Waals surface area contributed by atoms with Crippen molar-refractivity contribution in [1.82, 2.24) is 15.3 Å². The Morgan fingerprint density at radius 2 is 1.69 bits per heavy atom. The molecule has 0 bridgehead atoms. The van der Waals surface area contributed by atoms with Crippen molar-refractivity contribution in [3.8, 4) is 17.0 Å². The molecule has 10 heteroatoms. The van der Waals surface area contributed by atoms with E-state index in [2.05, 4.69) is 25.9 Å². The average molecular weight is 490 g/mol. The molecule has 2 aliphatic heterocycles. The fraction of sp³-hybridized carbons (Fsp3) is 0.308. The molecule has 2 fully saturated rings. The Kier molecular flexibility index (Phi) is 6.79. The lowest BCUT2D eigenvalue weighted by Gasteiger charge is -2.19. The van der Waals surface area contributed by atoms with Crippen molar-refractivity contribution >= 4 is 23.5 Å². The monoisotopic (exact) mass is 489 g/mol. The summed E-state index contributed by atoms with van der Waals surface area (Å²) in [6, 6.07) is 15.4. The van der Waals surface area contributed by atoms with Crippen LogP contribution in [0.1, 0.15) is 17.3 Å². The number of amides is 2. The lowest BCUT2D eigenvalue weighted by atomic mass is 10.1. The third-order valence-electron chi connectivity index (χ3n) is 6.27. The van der Waals surface area contributed by atoms with Crippen LogP contribution in [0.3, 0.4) is 0 Å². The fourth-order valence-electron chi connectivity index (χ4n) is 4.47. The lowest BCUT2D eigenvalue weighted by Crippen LogP contribution is -2.46. The van der Waals surface area contributed by atoms with E-state index in [-0.39, 0.29) is 36.1 Å². The second-order valence-corrected chi connectivity index (χ2v) is 8.65. The van der Waals surface area contributed by atoms with Crippen molar-refractivity contribution in [2.24, 2.45) is 0 Å². The van der Waals surface area contributed by atoms with Gasteiger partial charge in [-0.25, -0.2) is 14.8 Å². The van der Waals surface area contributed by atoms with E-state index in [1.54, 1.807) is 37.6 Å². The zero-order chi connectivity index (χ0) is 25.1. The predicted molar refractivity (Wildman–Crippen MR) is 133 cm³/mol. The van der Waals surface area contributed by atoms with Crippen molar-refractivity contribution < 1.29 is 23.8 Å². The van der Waals surface area contributed by atoms with Gasteiger partial charge in [0.1, 0.15) is 18.0 Å².